The minimum atomic E-state index is -0.884. The molecule has 20 heavy (non-hydrogen) atoms. The Bertz CT molecular complexity index is 615. The Hall–Kier alpha value is -1.65. The molecule has 2 nitrogen and oxygen atoms in total. The molecule has 0 fully saturated rings. The molecule has 0 bridgehead atoms. The molecule has 0 spiro atoms. The summed E-state index contributed by atoms with van der Waals surface area (Å²) < 4.78 is 32.3. The molecule has 2 rings (SSSR count). The summed E-state index contributed by atoms with van der Waals surface area (Å²) in [4.78, 5) is 0. The molecular weight excluding hydrogens is 286 g/mol. The lowest BCUT2D eigenvalue weighted by Crippen LogP contribution is -2.03. The number of hydrogen-bond donors (Lipinski definition) is 1. The van der Waals surface area contributed by atoms with Gasteiger partial charge in [0.25, 0.3) is 0 Å². The van der Waals surface area contributed by atoms with Crippen LogP contribution in [0.5, 0.6) is 5.75 Å². The van der Waals surface area contributed by atoms with E-state index in [1.54, 1.807) is 12.1 Å². The predicted molar refractivity (Wildman–Crippen MR) is 72.8 cm³/mol. The minimum Gasteiger partial charge on any atom is -0.488 e. The van der Waals surface area contributed by atoms with Gasteiger partial charge in [0.05, 0.1) is 11.1 Å². The number of halogens is 3. The summed E-state index contributed by atoms with van der Waals surface area (Å²) in [6.07, 6.45) is -0.884. The maximum absolute atomic E-state index is 13.7. The summed E-state index contributed by atoms with van der Waals surface area (Å²) in [7, 11) is 0. The number of aliphatic hydroxyl groups is 1. The van der Waals surface area contributed by atoms with Crippen molar-refractivity contribution in [3.8, 4) is 5.75 Å². The summed E-state index contributed by atoms with van der Waals surface area (Å²) in [6.45, 7) is 1.44. The molecule has 0 aliphatic rings. The normalized spacial score (nSPS) is 12.2. The second-order valence-corrected chi connectivity index (χ2v) is 4.77. The van der Waals surface area contributed by atoms with E-state index in [1.807, 2.05) is 0 Å². The SMILES string of the molecule is C[C@@H](O)c1cc(F)ccc1OCc1cccc(Cl)c1F. The van der Waals surface area contributed by atoms with E-state index in [-0.39, 0.29) is 11.6 Å². The topological polar surface area (TPSA) is 29.5 Å². The molecule has 0 amide bonds. The van der Waals surface area contributed by atoms with E-state index in [9.17, 15) is 13.9 Å². The Morgan fingerprint density at radius 3 is 2.70 bits per heavy atom. The first-order chi connectivity index (χ1) is 9.49. The van der Waals surface area contributed by atoms with Crippen molar-refractivity contribution >= 4 is 11.6 Å². The minimum absolute atomic E-state index is 0.0148. The molecule has 0 saturated heterocycles. The first-order valence-corrected chi connectivity index (χ1v) is 6.40. The van der Waals surface area contributed by atoms with Crippen molar-refractivity contribution < 1.29 is 18.6 Å². The average molecular weight is 299 g/mol. The zero-order valence-electron chi connectivity index (χ0n) is 10.7. The zero-order chi connectivity index (χ0) is 14.7. The summed E-state index contributed by atoms with van der Waals surface area (Å²) in [5, 5.41) is 9.60. The van der Waals surface area contributed by atoms with E-state index in [4.69, 9.17) is 16.3 Å². The number of ether oxygens (including phenoxy) is 1. The van der Waals surface area contributed by atoms with Crippen molar-refractivity contribution in [1.29, 1.82) is 0 Å². The van der Waals surface area contributed by atoms with Gasteiger partial charge in [-0.3, -0.25) is 0 Å². The maximum Gasteiger partial charge on any atom is 0.148 e. The second-order valence-electron chi connectivity index (χ2n) is 4.36. The standard InChI is InChI=1S/C15H13ClF2O2/c1-9(19)12-7-11(17)5-6-14(12)20-8-10-3-2-4-13(16)15(10)18/h2-7,9,19H,8H2,1H3/t9-/m1/s1. The molecule has 106 valence electrons. The molecule has 5 heteroatoms. The Morgan fingerprint density at radius 1 is 1.25 bits per heavy atom. The number of benzene rings is 2. The van der Waals surface area contributed by atoms with Crippen molar-refractivity contribution in [2.24, 2.45) is 0 Å². The summed E-state index contributed by atoms with van der Waals surface area (Å²) in [6, 6.07) is 8.42. The van der Waals surface area contributed by atoms with Gasteiger partial charge in [-0.05, 0) is 31.2 Å². The fourth-order valence-corrected chi connectivity index (χ4v) is 1.99. The van der Waals surface area contributed by atoms with E-state index in [1.165, 1.54) is 31.2 Å². The summed E-state index contributed by atoms with van der Waals surface area (Å²) in [5.74, 6) is -0.710. The van der Waals surface area contributed by atoms with Crippen LogP contribution in [-0.2, 0) is 6.61 Å². The lowest BCUT2D eigenvalue weighted by molar-refractivity contribution is 0.189. The van der Waals surface area contributed by atoms with Crippen molar-refractivity contribution in [2.45, 2.75) is 19.6 Å². The predicted octanol–water partition coefficient (Wildman–Crippen LogP) is 4.25. The number of rotatable bonds is 4. The van der Waals surface area contributed by atoms with Gasteiger partial charge in [0.1, 0.15) is 24.0 Å². The molecule has 0 aromatic heterocycles. The van der Waals surface area contributed by atoms with Crippen LogP contribution in [0.25, 0.3) is 0 Å². The fraction of sp³-hybridized carbons (Fsp3) is 0.200. The Kier molecular flexibility index (Phi) is 4.57. The number of hydrogen-bond acceptors (Lipinski definition) is 2. The molecule has 1 N–H and O–H groups in total. The zero-order valence-corrected chi connectivity index (χ0v) is 11.5. The largest absolute Gasteiger partial charge is 0.488 e. The Balaban J connectivity index is 2.21. The highest BCUT2D eigenvalue weighted by atomic mass is 35.5. The van der Waals surface area contributed by atoms with Gasteiger partial charge in [-0.1, -0.05) is 23.7 Å². The molecule has 0 aliphatic heterocycles. The van der Waals surface area contributed by atoms with E-state index in [0.717, 1.165) is 0 Å². The van der Waals surface area contributed by atoms with Crippen LogP contribution in [0.15, 0.2) is 36.4 Å². The van der Waals surface area contributed by atoms with Crippen molar-refractivity contribution in [1.82, 2.24) is 0 Å². The summed E-state index contributed by atoms with van der Waals surface area (Å²) in [5.41, 5.74) is 0.603. The first-order valence-electron chi connectivity index (χ1n) is 6.02. The monoisotopic (exact) mass is 298 g/mol. The van der Waals surface area contributed by atoms with Crippen molar-refractivity contribution in [3.05, 3.63) is 64.2 Å². The van der Waals surface area contributed by atoms with Crippen molar-refractivity contribution in [3.63, 3.8) is 0 Å². The molecule has 2 aromatic carbocycles. The lowest BCUT2D eigenvalue weighted by Gasteiger charge is -2.14. The van der Waals surface area contributed by atoms with Gasteiger partial charge in [-0.25, -0.2) is 8.78 Å². The van der Waals surface area contributed by atoms with E-state index < -0.39 is 17.7 Å². The molecule has 0 saturated carbocycles. The smallest absolute Gasteiger partial charge is 0.148 e. The summed E-state index contributed by atoms with van der Waals surface area (Å²) >= 11 is 5.68. The third-order valence-corrected chi connectivity index (χ3v) is 3.13. The molecule has 0 aliphatic carbocycles. The Morgan fingerprint density at radius 2 is 2.00 bits per heavy atom. The molecular formula is C15H13ClF2O2. The van der Waals surface area contributed by atoms with Crippen LogP contribution in [0.4, 0.5) is 8.78 Å². The quantitative estimate of drug-likeness (QED) is 0.914. The van der Waals surface area contributed by atoms with Gasteiger partial charge in [0.15, 0.2) is 0 Å². The van der Waals surface area contributed by atoms with Gasteiger partial charge in [-0.15, -0.1) is 0 Å². The van der Waals surface area contributed by atoms with Crippen LogP contribution in [0.2, 0.25) is 5.02 Å². The maximum atomic E-state index is 13.7. The third-order valence-electron chi connectivity index (χ3n) is 2.84. The molecule has 0 heterocycles. The van der Waals surface area contributed by atoms with Crippen LogP contribution < -0.4 is 4.74 Å². The highest BCUT2D eigenvalue weighted by Crippen LogP contribution is 2.27. The van der Waals surface area contributed by atoms with Crippen molar-refractivity contribution in [2.75, 3.05) is 0 Å². The van der Waals surface area contributed by atoms with E-state index in [0.29, 0.717) is 16.9 Å². The molecule has 0 unspecified atom stereocenters. The molecule has 0 radical (unpaired) electrons. The van der Waals surface area contributed by atoms with E-state index in [2.05, 4.69) is 0 Å². The molecule has 1 atom stereocenters. The lowest BCUT2D eigenvalue weighted by atomic mass is 10.1. The second kappa shape index (κ2) is 6.20. The van der Waals surface area contributed by atoms with Gasteiger partial charge in [0, 0.05) is 11.1 Å². The highest BCUT2D eigenvalue weighted by Gasteiger charge is 2.12. The number of aliphatic hydroxyl groups excluding tert-OH is 1. The van der Waals surface area contributed by atoms with Crippen LogP contribution in [0.1, 0.15) is 24.2 Å². The Labute approximate surface area is 120 Å². The van der Waals surface area contributed by atoms with Gasteiger partial charge in [0.2, 0.25) is 0 Å². The van der Waals surface area contributed by atoms with Crippen LogP contribution in [0.3, 0.4) is 0 Å². The fourth-order valence-electron chi connectivity index (χ4n) is 1.79. The first kappa shape index (κ1) is 14.8. The van der Waals surface area contributed by atoms with Gasteiger partial charge >= 0.3 is 0 Å². The van der Waals surface area contributed by atoms with Gasteiger partial charge in [-0.2, -0.15) is 0 Å². The van der Waals surface area contributed by atoms with Crippen LogP contribution in [0, 0.1) is 11.6 Å². The average Bonchev–Trinajstić information content (AvgIpc) is 2.41. The third kappa shape index (κ3) is 3.26. The van der Waals surface area contributed by atoms with E-state index >= 15 is 0 Å². The molecule has 2 aromatic rings. The van der Waals surface area contributed by atoms with Gasteiger partial charge < -0.3 is 9.84 Å². The van der Waals surface area contributed by atoms with Crippen LogP contribution in [-0.4, -0.2) is 5.11 Å². The van der Waals surface area contributed by atoms with Crippen LogP contribution >= 0.6 is 11.6 Å². The highest BCUT2D eigenvalue weighted by molar-refractivity contribution is 6.30.